The van der Waals surface area contributed by atoms with Gasteiger partial charge in [-0.05, 0) is 44.7 Å². The Balaban J connectivity index is 0.00000200. The van der Waals surface area contributed by atoms with Crippen molar-refractivity contribution in [3.63, 3.8) is 0 Å². The van der Waals surface area contributed by atoms with Crippen molar-refractivity contribution in [3.8, 4) is 0 Å². The molecule has 0 atom stereocenters. The van der Waals surface area contributed by atoms with Gasteiger partial charge in [0.15, 0.2) is 9.84 Å². The molecule has 6 heteroatoms. The zero-order valence-corrected chi connectivity index (χ0v) is 14.4. The van der Waals surface area contributed by atoms with Crippen molar-refractivity contribution < 1.29 is 8.42 Å². The number of hydrogen-bond donors (Lipinski definition) is 1. The number of nitrogens with zero attached hydrogens (tertiary/aromatic N) is 1. The molecule has 1 N–H and O–H groups in total. The molecule has 0 aromatic heterocycles. The maximum Gasteiger partial charge on any atom is 0.158 e. The zero-order valence-electron chi connectivity index (χ0n) is 12.7. The lowest BCUT2D eigenvalue weighted by molar-refractivity contribution is 0.180. The second-order valence-corrected chi connectivity index (χ2v) is 8.64. The van der Waals surface area contributed by atoms with Crippen LogP contribution in [-0.4, -0.2) is 56.5 Å². The Morgan fingerprint density at radius 3 is 2.35 bits per heavy atom. The highest BCUT2D eigenvalue weighted by Gasteiger charge is 2.45. The lowest BCUT2D eigenvalue weighted by Gasteiger charge is -2.42. The molecular formula is C14H29ClN2O2S. The van der Waals surface area contributed by atoms with E-state index in [1.807, 2.05) is 13.8 Å². The number of nitrogens with one attached hydrogen (secondary N) is 1. The first-order valence-electron chi connectivity index (χ1n) is 7.68. The summed E-state index contributed by atoms with van der Waals surface area (Å²) in [6.45, 7) is 8.83. The van der Waals surface area contributed by atoms with Crippen LogP contribution in [0.4, 0.5) is 0 Å². The van der Waals surface area contributed by atoms with Crippen LogP contribution in [0.2, 0.25) is 0 Å². The normalized spacial score (nSPS) is 26.9. The van der Waals surface area contributed by atoms with Crippen LogP contribution in [0.5, 0.6) is 0 Å². The monoisotopic (exact) mass is 324 g/mol. The molecule has 0 spiro atoms. The van der Waals surface area contributed by atoms with Crippen molar-refractivity contribution in [1.82, 2.24) is 10.2 Å². The van der Waals surface area contributed by atoms with Crippen LogP contribution in [0.1, 0.15) is 39.5 Å². The quantitative estimate of drug-likeness (QED) is 0.855. The summed E-state index contributed by atoms with van der Waals surface area (Å²) in [6.07, 6.45) is 3.95. The van der Waals surface area contributed by atoms with E-state index < -0.39 is 14.6 Å². The number of rotatable bonds is 4. The smallest absolute Gasteiger partial charge is 0.158 e. The molecule has 120 valence electrons. The molecule has 2 aliphatic heterocycles. The minimum Gasteiger partial charge on any atom is -0.317 e. The van der Waals surface area contributed by atoms with Gasteiger partial charge in [0.1, 0.15) is 0 Å². The first-order chi connectivity index (χ1) is 9.03. The fourth-order valence-corrected chi connectivity index (χ4v) is 5.74. The third-order valence-electron chi connectivity index (χ3n) is 5.11. The summed E-state index contributed by atoms with van der Waals surface area (Å²) in [5.74, 6) is 1.09. The van der Waals surface area contributed by atoms with Gasteiger partial charge in [0, 0.05) is 19.6 Å². The van der Waals surface area contributed by atoms with Gasteiger partial charge < -0.3 is 10.2 Å². The van der Waals surface area contributed by atoms with Crippen LogP contribution in [-0.2, 0) is 9.84 Å². The molecule has 0 unspecified atom stereocenters. The van der Waals surface area contributed by atoms with Crippen molar-refractivity contribution in [3.05, 3.63) is 0 Å². The summed E-state index contributed by atoms with van der Waals surface area (Å²) in [5.41, 5.74) is 0. The van der Waals surface area contributed by atoms with E-state index in [1.165, 1.54) is 12.8 Å². The Labute approximate surface area is 130 Å². The maximum absolute atomic E-state index is 12.4. The van der Waals surface area contributed by atoms with Gasteiger partial charge >= 0.3 is 0 Å². The van der Waals surface area contributed by atoms with Gasteiger partial charge in [-0.15, -0.1) is 12.4 Å². The molecule has 0 aromatic rings. The van der Waals surface area contributed by atoms with Gasteiger partial charge in [0.05, 0.1) is 10.5 Å². The molecule has 4 nitrogen and oxygen atoms in total. The Kier molecular flexibility index (Phi) is 6.77. The summed E-state index contributed by atoms with van der Waals surface area (Å²) in [6, 6.07) is 0. The minimum absolute atomic E-state index is 0. The average Bonchev–Trinajstić information content (AvgIpc) is 2.42. The lowest BCUT2D eigenvalue weighted by Crippen LogP contribution is -2.56. The molecule has 0 amide bonds. The highest BCUT2D eigenvalue weighted by molar-refractivity contribution is 7.92. The molecule has 2 heterocycles. The molecule has 20 heavy (non-hydrogen) atoms. The maximum atomic E-state index is 12.4. The second-order valence-electron chi connectivity index (χ2n) is 6.14. The molecule has 2 aliphatic rings. The highest BCUT2D eigenvalue weighted by atomic mass is 35.5. The van der Waals surface area contributed by atoms with Crippen molar-refractivity contribution in [1.29, 1.82) is 0 Å². The first kappa shape index (κ1) is 18.2. The predicted octanol–water partition coefficient (Wildman–Crippen LogP) is 1.70. The SMILES string of the molecule is CCC1(CC)CN(CC2CCNCC2)CCS1(=O)=O.Cl. The molecular weight excluding hydrogens is 296 g/mol. The Bertz CT molecular complexity index is 390. The molecule has 0 saturated carbocycles. The van der Waals surface area contributed by atoms with Crippen molar-refractivity contribution in [2.45, 2.75) is 44.3 Å². The van der Waals surface area contributed by atoms with Crippen LogP contribution in [0.25, 0.3) is 0 Å². The fourth-order valence-electron chi connectivity index (χ4n) is 3.55. The molecule has 0 radical (unpaired) electrons. The van der Waals surface area contributed by atoms with Gasteiger partial charge in [0.2, 0.25) is 0 Å². The fraction of sp³-hybridized carbons (Fsp3) is 1.00. The summed E-state index contributed by atoms with van der Waals surface area (Å²) in [7, 11) is -2.91. The van der Waals surface area contributed by atoms with E-state index in [2.05, 4.69) is 10.2 Å². The van der Waals surface area contributed by atoms with Crippen molar-refractivity contribution in [2.24, 2.45) is 5.92 Å². The number of piperidine rings is 1. The standard InChI is InChI=1S/C14H28N2O2S.ClH/c1-3-14(4-2)12-16(9-10-19(14,17)18)11-13-5-7-15-8-6-13;/h13,15H,3-12H2,1-2H3;1H. The zero-order chi connectivity index (χ0) is 13.9. The van der Waals surface area contributed by atoms with E-state index in [9.17, 15) is 8.42 Å². The van der Waals surface area contributed by atoms with Gasteiger partial charge in [-0.25, -0.2) is 8.42 Å². The van der Waals surface area contributed by atoms with Crippen molar-refractivity contribution in [2.75, 3.05) is 38.5 Å². The molecule has 2 fully saturated rings. The summed E-state index contributed by atoms with van der Waals surface area (Å²) < 4.78 is 24.2. The third-order valence-corrected chi connectivity index (χ3v) is 7.86. The molecule has 2 rings (SSSR count). The van der Waals surface area contributed by atoms with Crippen LogP contribution >= 0.6 is 12.4 Å². The van der Waals surface area contributed by atoms with Gasteiger partial charge in [-0.3, -0.25) is 0 Å². The highest BCUT2D eigenvalue weighted by Crippen LogP contribution is 2.32. The van der Waals surface area contributed by atoms with Crippen LogP contribution in [0.3, 0.4) is 0 Å². The van der Waals surface area contributed by atoms with Crippen molar-refractivity contribution >= 4 is 22.2 Å². The van der Waals surface area contributed by atoms with Gasteiger partial charge in [0.25, 0.3) is 0 Å². The Morgan fingerprint density at radius 1 is 1.20 bits per heavy atom. The topological polar surface area (TPSA) is 49.4 Å². The van der Waals surface area contributed by atoms with Crippen LogP contribution < -0.4 is 5.32 Å². The second kappa shape index (κ2) is 7.43. The summed E-state index contributed by atoms with van der Waals surface area (Å²) in [5, 5.41) is 3.39. The predicted molar refractivity (Wildman–Crippen MR) is 86.4 cm³/mol. The molecule has 0 bridgehead atoms. The minimum atomic E-state index is -2.91. The van der Waals surface area contributed by atoms with E-state index in [4.69, 9.17) is 0 Å². The Hall–Kier alpha value is 0.160. The Morgan fingerprint density at radius 2 is 1.80 bits per heavy atom. The van der Waals surface area contributed by atoms with E-state index in [1.54, 1.807) is 0 Å². The average molecular weight is 325 g/mol. The lowest BCUT2D eigenvalue weighted by atomic mass is 9.95. The van der Waals surface area contributed by atoms with Gasteiger partial charge in [-0.1, -0.05) is 13.8 Å². The largest absolute Gasteiger partial charge is 0.317 e. The number of hydrogen-bond acceptors (Lipinski definition) is 4. The molecule has 2 saturated heterocycles. The number of halogens is 1. The third kappa shape index (κ3) is 3.67. The molecule has 0 aliphatic carbocycles. The molecule has 0 aromatic carbocycles. The van der Waals surface area contributed by atoms with E-state index >= 15 is 0 Å². The number of sulfone groups is 1. The van der Waals surface area contributed by atoms with Gasteiger partial charge in [-0.2, -0.15) is 0 Å². The summed E-state index contributed by atoms with van der Waals surface area (Å²) in [4.78, 5) is 2.41. The van der Waals surface area contributed by atoms with Crippen LogP contribution in [0.15, 0.2) is 0 Å². The first-order valence-corrected chi connectivity index (χ1v) is 9.33. The van der Waals surface area contributed by atoms with Crippen LogP contribution in [0, 0.1) is 5.92 Å². The van der Waals surface area contributed by atoms with E-state index in [0.717, 1.165) is 51.5 Å². The van der Waals surface area contributed by atoms with E-state index in [0.29, 0.717) is 5.75 Å². The van der Waals surface area contributed by atoms with E-state index in [-0.39, 0.29) is 12.4 Å². The summed E-state index contributed by atoms with van der Waals surface area (Å²) >= 11 is 0.